The van der Waals surface area contributed by atoms with Gasteiger partial charge < -0.3 is 15.2 Å². The van der Waals surface area contributed by atoms with E-state index in [1.807, 2.05) is 18.7 Å². The SMILES string of the molecule is CCCCCNC(=O)CCc1ccc(C(C)(C)NCCCn2ccnc2)cc1. The number of rotatable bonds is 13. The summed E-state index contributed by atoms with van der Waals surface area (Å²) in [5, 5.41) is 6.65. The van der Waals surface area contributed by atoms with Crippen molar-refractivity contribution < 1.29 is 4.79 Å². The Bertz CT molecular complexity index is 677. The van der Waals surface area contributed by atoms with Gasteiger partial charge in [0.05, 0.1) is 6.33 Å². The molecule has 0 unspecified atom stereocenters. The number of imidazole rings is 1. The van der Waals surface area contributed by atoms with E-state index in [0.717, 1.165) is 38.9 Å². The number of hydrogen-bond acceptors (Lipinski definition) is 3. The van der Waals surface area contributed by atoms with Gasteiger partial charge in [-0.2, -0.15) is 0 Å². The molecule has 1 heterocycles. The van der Waals surface area contributed by atoms with Gasteiger partial charge in [-0.05, 0) is 50.8 Å². The number of aromatic nitrogens is 2. The lowest BCUT2D eigenvalue weighted by Crippen LogP contribution is -2.37. The highest BCUT2D eigenvalue weighted by atomic mass is 16.1. The molecule has 1 aromatic heterocycles. The highest BCUT2D eigenvalue weighted by Crippen LogP contribution is 2.21. The molecule has 0 spiro atoms. The molecule has 0 aliphatic carbocycles. The van der Waals surface area contributed by atoms with Crippen LogP contribution in [0.25, 0.3) is 0 Å². The summed E-state index contributed by atoms with van der Waals surface area (Å²) < 4.78 is 2.10. The molecule has 0 radical (unpaired) electrons. The summed E-state index contributed by atoms with van der Waals surface area (Å²) in [5.41, 5.74) is 2.40. The quantitative estimate of drug-likeness (QED) is 0.513. The first-order chi connectivity index (χ1) is 13.5. The lowest BCUT2D eigenvalue weighted by Gasteiger charge is -2.27. The van der Waals surface area contributed by atoms with Crippen molar-refractivity contribution in [3.8, 4) is 0 Å². The third kappa shape index (κ3) is 7.85. The summed E-state index contributed by atoms with van der Waals surface area (Å²) in [6.07, 6.45) is 11.5. The zero-order chi connectivity index (χ0) is 20.2. The van der Waals surface area contributed by atoms with E-state index in [1.165, 1.54) is 24.0 Å². The Labute approximate surface area is 169 Å². The highest BCUT2D eigenvalue weighted by Gasteiger charge is 2.19. The Morgan fingerprint density at radius 2 is 1.89 bits per heavy atom. The predicted octanol–water partition coefficient (Wildman–Crippen LogP) is 4.04. The van der Waals surface area contributed by atoms with Gasteiger partial charge >= 0.3 is 0 Å². The van der Waals surface area contributed by atoms with Crippen LogP contribution in [-0.2, 0) is 23.3 Å². The van der Waals surface area contributed by atoms with Gasteiger partial charge in [0.2, 0.25) is 5.91 Å². The third-order valence-corrected chi connectivity index (χ3v) is 5.14. The molecule has 0 saturated heterocycles. The Morgan fingerprint density at radius 1 is 1.11 bits per heavy atom. The Kier molecular flexibility index (Phi) is 9.21. The number of nitrogens with one attached hydrogen (secondary N) is 2. The van der Waals surface area contributed by atoms with Crippen LogP contribution in [0.1, 0.15) is 64.0 Å². The van der Waals surface area contributed by atoms with Crippen molar-refractivity contribution in [2.45, 2.75) is 71.4 Å². The second-order valence-electron chi connectivity index (χ2n) is 7.96. The van der Waals surface area contributed by atoms with E-state index >= 15 is 0 Å². The van der Waals surface area contributed by atoms with Gasteiger partial charge in [-0.1, -0.05) is 44.0 Å². The fourth-order valence-corrected chi connectivity index (χ4v) is 3.22. The molecule has 2 aromatic rings. The zero-order valence-electron chi connectivity index (χ0n) is 17.7. The zero-order valence-corrected chi connectivity index (χ0v) is 17.7. The number of unbranched alkanes of at least 4 members (excludes halogenated alkanes) is 2. The molecule has 0 fully saturated rings. The smallest absolute Gasteiger partial charge is 0.220 e. The van der Waals surface area contributed by atoms with Crippen molar-refractivity contribution in [1.29, 1.82) is 0 Å². The van der Waals surface area contributed by atoms with Crippen molar-refractivity contribution in [3.63, 3.8) is 0 Å². The fraction of sp³-hybridized carbons (Fsp3) is 0.565. The lowest BCUT2D eigenvalue weighted by molar-refractivity contribution is -0.121. The number of aryl methyl sites for hydroxylation is 2. The van der Waals surface area contributed by atoms with E-state index < -0.39 is 0 Å². The molecule has 5 nitrogen and oxygen atoms in total. The van der Waals surface area contributed by atoms with Crippen molar-refractivity contribution in [1.82, 2.24) is 20.2 Å². The van der Waals surface area contributed by atoms with Crippen molar-refractivity contribution in [3.05, 3.63) is 54.1 Å². The molecule has 1 amide bonds. The van der Waals surface area contributed by atoms with Crippen LogP contribution in [0, 0.1) is 0 Å². The van der Waals surface area contributed by atoms with E-state index in [4.69, 9.17) is 0 Å². The van der Waals surface area contributed by atoms with Crippen molar-refractivity contribution >= 4 is 5.91 Å². The van der Waals surface area contributed by atoms with Gasteiger partial charge in [-0.15, -0.1) is 0 Å². The van der Waals surface area contributed by atoms with Gasteiger partial charge in [0.15, 0.2) is 0 Å². The summed E-state index contributed by atoms with van der Waals surface area (Å²) in [5.74, 6) is 0.153. The molecule has 0 aliphatic rings. The number of carbonyl (C=O) groups excluding carboxylic acids is 1. The minimum absolute atomic E-state index is 0.0792. The number of benzene rings is 1. The molecule has 28 heavy (non-hydrogen) atoms. The summed E-state index contributed by atoms with van der Waals surface area (Å²) in [6, 6.07) is 8.65. The Morgan fingerprint density at radius 3 is 2.57 bits per heavy atom. The van der Waals surface area contributed by atoms with E-state index in [-0.39, 0.29) is 11.4 Å². The Hall–Kier alpha value is -2.14. The minimum atomic E-state index is -0.0792. The Balaban J connectivity index is 1.71. The molecule has 2 N–H and O–H groups in total. The summed E-state index contributed by atoms with van der Waals surface area (Å²) in [7, 11) is 0. The van der Waals surface area contributed by atoms with Gasteiger partial charge in [0.25, 0.3) is 0 Å². The van der Waals surface area contributed by atoms with Crippen LogP contribution in [0.4, 0.5) is 0 Å². The van der Waals surface area contributed by atoms with Crippen LogP contribution in [0.15, 0.2) is 43.0 Å². The van der Waals surface area contributed by atoms with E-state index in [0.29, 0.717) is 6.42 Å². The first-order valence-electron chi connectivity index (χ1n) is 10.6. The van der Waals surface area contributed by atoms with E-state index in [2.05, 4.69) is 65.2 Å². The van der Waals surface area contributed by atoms with Gasteiger partial charge in [0.1, 0.15) is 0 Å². The monoisotopic (exact) mass is 384 g/mol. The van der Waals surface area contributed by atoms with Crippen LogP contribution in [-0.4, -0.2) is 28.5 Å². The van der Waals surface area contributed by atoms with E-state index in [9.17, 15) is 4.79 Å². The number of carbonyl (C=O) groups is 1. The maximum Gasteiger partial charge on any atom is 0.220 e. The summed E-state index contributed by atoms with van der Waals surface area (Å²) in [6.45, 7) is 9.32. The molecule has 0 bridgehead atoms. The third-order valence-electron chi connectivity index (χ3n) is 5.14. The number of hydrogen-bond donors (Lipinski definition) is 2. The number of nitrogens with zero attached hydrogens (tertiary/aromatic N) is 2. The summed E-state index contributed by atoms with van der Waals surface area (Å²) in [4.78, 5) is 16.0. The lowest BCUT2D eigenvalue weighted by atomic mass is 9.92. The van der Waals surface area contributed by atoms with Crippen LogP contribution in [0.3, 0.4) is 0 Å². The molecule has 5 heteroatoms. The average Bonchev–Trinajstić information content (AvgIpc) is 3.21. The average molecular weight is 385 g/mol. The van der Waals surface area contributed by atoms with E-state index in [1.54, 1.807) is 0 Å². The van der Waals surface area contributed by atoms with Gasteiger partial charge in [-0.3, -0.25) is 4.79 Å². The molecule has 2 rings (SSSR count). The first kappa shape index (κ1) is 22.2. The van der Waals surface area contributed by atoms with Crippen molar-refractivity contribution in [2.75, 3.05) is 13.1 Å². The normalized spacial score (nSPS) is 11.5. The maximum atomic E-state index is 11.9. The van der Waals surface area contributed by atoms with Crippen LogP contribution >= 0.6 is 0 Å². The largest absolute Gasteiger partial charge is 0.356 e. The predicted molar refractivity (Wildman–Crippen MR) is 115 cm³/mol. The highest BCUT2D eigenvalue weighted by molar-refractivity contribution is 5.76. The van der Waals surface area contributed by atoms with Crippen LogP contribution in [0.2, 0.25) is 0 Å². The molecule has 0 aliphatic heterocycles. The van der Waals surface area contributed by atoms with Crippen molar-refractivity contribution in [2.24, 2.45) is 0 Å². The maximum absolute atomic E-state index is 11.9. The van der Waals surface area contributed by atoms with Gasteiger partial charge in [-0.25, -0.2) is 4.98 Å². The second kappa shape index (κ2) is 11.6. The molecular weight excluding hydrogens is 348 g/mol. The topological polar surface area (TPSA) is 59.0 Å². The molecule has 0 atom stereocenters. The molecule has 1 aromatic carbocycles. The molecule has 0 saturated carbocycles. The molecule has 154 valence electrons. The van der Waals surface area contributed by atoms with Gasteiger partial charge in [0, 0.05) is 37.4 Å². The number of amides is 1. The second-order valence-corrected chi connectivity index (χ2v) is 7.96. The fourth-order valence-electron chi connectivity index (χ4n) is 3.22. The minimum Gasteiger partial charge on any atom is -0.356 e. The van der Waals surface area contributed by atoms with Crippen LogP contribution < -0.4 is 10.6 Å². The standard InChI is InChI=1S/C23H36N4O/c1-4-5-6-14-25-22(28)13-10-20-8-11-21(12-9-20)23(2,3)26-15-7-17-27-18-16-24-19-27/h8-9,11-12,16,18-19,26H,4-7,10,13-15,17H2,1-3H3,(H,25,28). The van der Waals surface area contributed by atoms with Crippen LogP contribution in [0.5, 0.6) is 0 Å². The molecular formula is C23H36N4O. The summed E-state index contributed by atoms with van der Waals surface area (Å²) >= 11 is 0. The first-order valence-corrected chi connectivity index (χ1v) is 10.6.